The zero-order chi connectivity index (χ0) is 36.6. The van der Waals surface area contributed by atoms with Gasteiger partial charge in [-0.1, -0.05) is 182 Å². The number of hydrogen-bond donors (Lipinski definition) is 0. The molecule has 0 N–H and O–H groups in total. The number of fused-ring (bicyclic) bond motifs is 4. The number of hydrogen-bond acceptors (Lipinski definition) is 1. The second-order valence-corrected chi connectivity index (χ2v) is 14.1. The van der Waals surface area contributed by atoms with E-state index in [-0.39, 0.29) is 0 Å². The van der Waals surface area contributed by atoms with E-state index in [9.17, 15) is 0 Å². The van der Waals surface area contributed by atoms with Crippen molar-refractivity contribution in [2.45, 2.75) is 0 Å². The Morgan fingerprint density at radius 3 is 1.47 bits per heavy atom. The van der Waals surface area contributed by atoms with Crippen molar-refractivity contribution in [3.05, 3.63) is 224 Å². The van der Waals surface area contributed by atoms with Gasteiger partial charge in [-0.2, -0.15) is 0 Å². The van der Waals surface area contributed by atoms with E-state index >= 15 is 0 Å². The summed E-state index contributed by atoms with van der Waals surface area (Å²) in [5.74, 6) is 0. The van der Waals surface area contributed by atoms with Crippen LogP contribution in [0, 0.1) is 0 Å². The third-order valence-corrected chi connectivity index (χ3v) is 10.9. The fourth-order valence-corrected chi connectivity index (χ4v) is 8.18. The number of benzene rings is 10. The Bertz CT molecular complexity index is 2950. The Hall–Kier alpha value is -7.22. The van der Waals surface area contributed by atoms with Crippen LogP contribution in [0.15, 0.2) is 224 Å². The van der Waals surface area contributed by atoms with Gasteiger partial charge in [-0.05, 0) is 114 Å². The standard InChI is InChI=1S/C54H37N/c1-2-14-38(15-3-1)42-19-12-20-43(36-42)39-28-32-45(33-29-39)55(54-27-11-10-25-52(54)50-26-13-18-40-16-4-6-21-47(40)50)46-34-30-41(31-35-46)53-37-44-17-5-7-22-48(44)49-23-8-9-24-51(49)53/h1-37H. The molecule has 0 spiro atoms. The molecule has 0 bridgehead atoms. The number of para-hydroxylation sites is 1. The van der Waals surface area contributed by atoms with E-state index in [4.69, 9.17) is 0 Å². The molecule has 1 heteroatoms. The van der Waals surface area contributed by atoms with Crippen LogP contribution in [0.1, 0.15) is 0 Å². The van der Waals surface area contributed by atoms with Gasteiger partial charge in [-0.3, -0.25) is 0 Å². The Kier molecular flexibility index (Phi) is 8.24. The lowest BCUT2D eigenvalue weighted by Gasteiger charge is -2.28. The summed E-state index contributed by atoms with van der Waals surface area (Å²) in [4.78, 5) is 2.41. The molecule has 0 amide bonds. The van der Waals surface area contributed by atoms with E-state index in [0.29, 0.717) is 0 Å². The first-order chi connectivity index (χ1) is 27.3. The first-order valence-corrected chi connectivity index (χ1v) is 18.9. The molecule has 258 valence electrons. The molecule has 0 heterocycles. The van der Waals surface area contributed by atoms with Crippen LogP contribution in [0.3, 0.4) is 0 Å². The van der Waals surface area contributed by atoms with Gasteiger partial charge in [0.25, 0.3) is 0 Å². The van der Waals surface area contributed by atoms with Crippen molar-refractivity contribution in [3.63, 3.8) is 0 Å². The van der Waals surface area contributed by atoms with Gasteiger partial charge in [0.05, 0.1) is 5.69 Å². The van der Waals surface area contributed by atoms with Crippen molar-refractivity contribution in [1.29, 1.82) is 0 Å². The highest BCUT2D eigenvalue weighted by atomic mass is 15.1. The Morgan fingerprint density at radius 1 is 0.236 bits per heavy atom. The minimum atomic E-state index is 1.10. The molecule has 10 aromatic carbocycles. The quantitative estimate of drug-likeness (QED) is 0.150. The molecular formula is C54H37N. The molecule has 0 atom stereocenters. The van der Waals surface area contributed by atoms with E-state index in [1.54, 1.807) is 0 Å². The van der Waals surface area contributed by atoms with E-state index in [1.165, 1.54) is 76.8 Å². The molecule has 0 aliphatic carbocycles. The Labute approximate surface area is 322 Å². The van der Waals surface area contributed by atoms with Gasteiger partial charge in [-0.15, -0.1) is 0 Å². The van der Waals surface area contributed by atoms with Crippen LogP contribution in [0.5, 0.6) is 0 Å². The fourth-order valence-electron chi connectivity index (χ4n) is 8.18. The second kappa shape index (κ2) is 14.0. The zero-order valence-electron chi connectivity index (χ0n) is 30.3. The summed E-state index contributed by atoms with van der Waals surface area (Å²) in [6.45, 7) is 0. The largest absolute Gasteiger partial charge is 0.310 e. The summed E-state index contributed by atoms with van der Waals surface area (Å²) in [5.41, 5.74) is 13.0. The summed E-state index contributed by atoms with van der Waals surface area (Å²) in [6.07, 6.45) is 0. The average molecular weight is 700 g/mol. The smallest absolute Gasteiger partial charge is 0.0540 e. The van der Waals surface area contributed by atoms with Gasteiger partial charge in [0.1, 0.15) is 0 Å². The molecule has 0 radical (unpaired) electrons. The number of nitrogens with zero attached hydrogens (tertiary/aromatic N) is 1. The third-order valence-electron chi connectivity index (χ3n) is 10.9. The van der Waals surface area contributed by atoms with Crippen LogP contribution in [0.25, 0.3) is 76.8 Å². The van der Waals surface area contributed by atoms with Gasteiger partial charge in [0, 0.05) is 16.9 Å². The second-order valence-electron chi connectivity index (χ2n) is 14.1. The van der Waals surface area contributed by atoms with E-state index in [0.717, 1.165) is 17.1 Å². The van der Waals surface area contributed by atoms with Gasteiger partial charge < -0.3 is 4.90 Å². The van der Waals surface area contributed by atoms with Gasteiger partial charge in [-0.25, -0.2) is 0 Å². The summed E-state index contributed by atoms with van der Waals surface area (Å²) in [6, 6.07) is 81.4. The topological polar surface area (TPSA) is 3.24 Å². The molecule has 0 saturated heterocycles. The molecule has 0 saturated carbocycles. The number of rotatable bonds is 7. The lowest BCUT2D eigenvalue weighted by Crippen LogP contribution is -2.11. The third kappa shape index (κ3) is 6.02. The zero-order valence-corrected chi connectivity index (χ0v) is 30.3. The summed E-state index contributed by atoms with van der Waals surface area (Å²) >= 11 is 0. The van der Waals surface area contributed by atoms with Crippen molar-refractivity contribution in [3.8, 4) is 44.5 Å². The average Bonchev–Trinajstić information content (AvgIpc) is 3.27. The molecular weight excluding hydrogens is 663 g/mol. The highest BCUT2D eigenvalue weighted by Gasteiger charge is 2.19. The van der Waals surface area contributed by atoms with E-state index in [2.05, 4.69) is 229 Å². The Balaban J connectivity index is 1.11. The molecule has 55 heavy (non-hydrogen) atoms. The lowest BCUT2D eigenvalue weighted by atomic mass is 9.93. The van der Waals surface area contributed by atoms with Crippen LogP contribution in [-0.2, 0) is 0 Å². The molecule has 1 nitrogen and oxygen atoms in total. The van der Waals surface area contributed by atoms with E-state index in [1.807, 2.05) is 0 Å². The molecule has 0 unspecified atom stereocenters. The van der Waals surface area contributed by atoms with Crippen LogP contribution >= 0.6 is 0 Å². The molecule has 10 aromatic rings. The minimum absolute atomic E-state index is 1.10. The van der Waals surface area contributed by atoms with Crippen LogP contribution in [0.2, 0.25) is 0 Å². The maximum Gasteiger partial charge on any atom is 0.0540 e. The summed E-state index contributed by atoms with van der Waals surface area (Å²) in [7, 11) is 0. The maximum atomic E-state index is 2.41. The molecule has 0 aliphatic rings. The normalized spacial score (nSPS) is 11.3. The van der Waals surface area contributed by atoms with Crippen molar-refractivity contribution in [1.82, 2.24) is 0 Å². The summed E-state index contributed by atoms with van der Waals surface area (Å²) < 4.78 is 0. The molecule has 0 fully saturated rings. The Morgan fingerprint density at radius 2 is 0.727 bits per heavy atom. The SMILES string of the molecule is c1ccc(-c2cccc(-c3ccc(N(c4ccc(-c5cc6ccccc6c6ccccc56)cc4)c4ccccc4-c4cccc5ccccc45)cc3)c2)cc1. The predicted molar refractivity (Wildman–Crippen MR) is 235 cm³/mol. The summed E-state index contributed by atoms with van der Waals surface area (Å²) in [5, 5.41) is 7.55. The van der Waals surface area contributed by atoms with Crippen molar-refractivity contribution in [2.75, 3.05) is 4.90 Å². The highest BCUT2D eigenvalue weighted by molar-refractivity contribution is 6.14. The first-order valence-electron chi connectivity index (χ1n) is 18.9. The maximum absolute atomic E-state index is 2.41. The lowest BCUT2D eigenvalue weighted by molar-refractivity contribution is 1.28. The monoisotopic (exact) mass is 699 g/mol. The van der Waals surface area contributed by atoms with Crippen LogP contribution < -0.4 is 4.90 Å². The van der Waals surface area contributed by atoms with Crippen molar-refractivity contribution < 1.29 is 0 Å². The highest BCUT2D eigenvalue weighted by Crippen LogP contribution is 2.44. The first kappa shape index (κ1) is 32.4. The minimum Gasteiger partial charge on any atom is -0.310 e. The van der Waals surface area contributed by atoms with E-state index < -0.39 is 0 Å². The van der Waals surface area contributed by atoms with Crippen molar-refractivity contribution in [2.24, 2.45) is 0 Å². The number of anilines is 3. The van der Waals surface area contributed by atoms with Gasteiger partial charge in [0.15, 0.2) is 0 Å². The van der Waals surface area contributed by atoms with Gasteiger partial charge >= 0.3 is 0 Å². The molecule has 10 rings (SSSR count). The van der Waals surface area contributed by atoms with Gasteiger partial charge in [0.2, 0.25) is 0 Å². The van der Waals surface area contributed by atoms with Crippen molar-refractivity contribution >= 4 is 49.4 Å². The molecule has 0 aliphatic heterocycles. The fraction of sp³-hybridized carbons (Fsp3) is 0. The molecule has 0 aromatic heterocycles. The van der Waals surface area contributed by atoms with Crippen LogP contribution in [-0.4, -0.2) is 0 Å². The van der Waals surface area contributed by atoms with Crippen LogP contribution in [0.4, 0.5) is 17.1 Å². The predicted octanol–water partition coefficient (Wildman–Crippen LogP) is 15.3.